The van der Waals surface area contributed by atoms with E-state index >= 15 is 0 Å². The van der Waals surface area contributed by atoms with Crippen LogP contribution in [0.5, 0.6) is 0 Å². The van der Waals surface area contributed by atoms with Crippen molar-refractivity contribution in [2.24, 2.45) is 17.8 Å². The van der Waals surface area contributed by atoms with Gasteiger partial charge in [0.25, 0.3) is 0 Å². The number of methoxy groups -OCH3 is 3. The number of nitrogens with one attached hydrogen (secondary N) is 1. The molecule has 1 aromatic rings. The molecule has 1 spiro atoms. The Labute approximate surface area is 276 Å². The van der Waals surface area contributed by atoms with Gasteiger partial charge in [0, 0.05) is 52.0 Å². The number of amides is 1. The molecule has 13 atom stereocenters. The molecule has 6 aliphatic rings. The zero-order chi connectivity index (χ0) is 33.5. The first kappa shape index (κ1) is 33.2. The average molecular weight is 658 g/mol. The standard InChI is InChI=1S/C35H51N3O9/c1-7-9-16-46-31(40)36-23-13-11-10-12-21(23)30(39)47-32-15-14-28(44-5)34-25(32)18-27(38(34)37(8-2)20(32)3)33(41)19-24(43-4)22-17-26(34)35(33,42)29(22)45-6/h10-13,20,22,24-29,41-42H,7-9,14-19H2,1-6H3,(H,36,40)/t20-,22+,24-,25?,26+,27?,28-,29-,32+,33-,34?,35-/m0/s1. The maximum Gasteiger partial charge on any atom is 0.411 e. The van der Waals surface area contributed by atoms with Crippen LogP contribution in [0, 0.1) is 17.8 Å². The van der Waals surface area contributed by atoms with Crippen molar-refractivity contribution in [3.8, 4) is 0 Å². The smallest absolute Gasteiger partial charge is 0.411 e. The number of hydrogen-bond acceptors (Lipinski definition) is 11. The maximum absolute atomic E-state index is 14.4. The fraction of sp³-hybridized carbons (Fsp3) is 0.771. The number of rotatable bonds is 10. The molecule has 3 N–H and O–H groups in total. The molecule has 1 amide bonds. The van der Waals surface area contributed by atoms with E-state index in [2.05, 4.69) is 29.2 Å². The predicted octanol–water partition coefficient (Wildman–Crippen LogP) is 3.35. The van der Waals surface area contributed by atoms with E-state index in [1.165, 1.54) is 0 Å². The summed E-state index contributed by atoms with van der Waals surface area (Å²) >= 11 is 0. The second-order valence-electron chi connectivity index (χ2n) is 14.6. The first-order valence-corrected chi connectivity index (χ1v) is 17.4. The zero-order valence-corrected chi connectivity index (χ0v) is 28.4. The van der Waals surface area contributed by atoms with E-state index in [-0.39, 0.29) is 42.1 Å². The minimum absolute atomic E-state index is 0.116. The highest BCUT2D eigenvalue weighted by Crippen LogP contribution is 2.75. The fourth-order valence-electron chi connectivity index (χ4n) is 11.6. The molecule has 6 fully saturated rings. The van der Waals surface area contributed by atoms with E-state index in [0.717, 1.165) is 12.8 Å². The van der Waals surface area contributed by atoms with Gasteiger partial charge in [0.1, 0.15) is 16.8 Å². The lowest BCUT2D eigenvalue weighted by Gasteiger charge is -2.73. The molecule has 47 heavy (non-hydrogen) atoms. The summed E-state index contributed by atoms with van der Waals surface area (Å²) < 4.78 is 30.6. The summed E-state index contributed by atoms with van der Waals surface area (Å²) in [5.41, 5.74) is -4.24. The van der Waals surface area contributed by atoms with Crippen LogP contribution in [0.2, 0.25) is 0 Å². The SMILES string of the molecule is CCCCOC(=O)Nc1ccccc1C(=O)O[C@@]12CC[C@H](OC)C34C1CC(N3N(CC)[C@H]2C)[C@@]1(O)C[C@H](OC)[C@H]2C[C@H]4[C@]1(O)[C@H]2OC. The van der Waals surface area contributed by atoms with Gasteiger partial charge in [-0.15, -0.1) is 0 Å². The molecule has 260 valence electrons. The predicted molar refractivity (Wildman–Crippen MR) is 171 cm³/mol. The molecule has 7 bridgehead atoms. The molecule has 1 aromatic carbocycles. The number of ether oxygens (including phenoxy) is 5. The van der Waals surface area contributed by atoms with Crippen LogP contribution >= 0.6 is 0 Å². The Morgan fingerprint density at radius 3 is 2.49 bits per heavy atom. The van der Waals surface area contributed by atoms with E-state index in [0.29, 0.717) is 44.5 Å². The molecule has 0 aromatic heterocycles. The zero-order valence-electron chi connectivity index (χ0n) is 28.4. The summed E-state index contributed by atoms with van der Waals surface area (Å²) in [6, 6.07) is 6.13. The van der Waals surface area contributed by atoms with Crippen molar-refractivity contribution < 1.29 is 43.5 Å². The van der Waals surface area contributed by atoms with Crippen LogP contribution in [0.4, 0.5) is 10.5 Å². The third kappa shape index (κ3) is 4.06. The minimum atomic E-state index is -1.55. The van der Waals surface area contributed by atoms with Gasteiger partial charge in [-0.2, -0.15) is 0 Å². The summed E-state index contributed by atoms with van der Waals surface area (Å²) in [4.78, 5) is 27.0. The Morgan fingerprint density at radius 2 is 1.81 bits per heavy atom. The van der Waals surface area contributed by atoms with E-state index < -0.39 is 52.5 Å². The number of nitrogens with zero attached hydrogens (tertiary/aromatic N) is 2. The van der Waals surface area contributed by atoms with Crippen LogP contribution in [0.25, 0.3) is 0 Å². The third-order valence-corrected chi connectivity index (χ3v) is 13.3. The van der Waals surface area contributed by atoms with Crippen LogP contribution < -0.4 is 5.32 Å². The number of carbonyl (C=O) groups is 2. The molecule has 3 aliphatic carbocycles. The van der Waals surface area contributed by atoms with Crippen molar-refractivity contribution in [1.82, 2.24) is 10.0 Å². The number of fused-ring (bicyclic) bond motifs is 2. The molecule has 3 saturated heterocycles. The number of piperidine rings is 1. The van der Waals surface area contributed by atoms with Gasteiger partial charge in [-0.1, -0.05) is 32.4 Å². The molecular weight excluding hydrogens is 606 g/mol. The Kier molecular flexibility index (Phi) is 8.22. The number of likely N-dealkylation sites (N-methyl/N-ethyl adjacent to an activating group) is 1. The molecule has 4 unspecified atom stereocenters. The topological polar surface area (TPSA) is 139 Å². The molecule has 12 heteroatoms. The Morgan fingerprint density at radius 1 is 1.04 bits per heavy atom. The highest BCUT2D eigenvalue weighted by molar-refractivity contribution is 6.00. The van der Waals surface area contributed by atoms with Gasteiger partial charge in [0.05, 0.1) is 53.8 Å². The van der Waals surface area contributed by atoms with Crippen molar-refractivity contribution in [2.75, 3.05) is 39.8 Å². The lowest BCUT2D eigenvalue weighted by atomic mass is 9.51. The molecule has 3 heterocycles. The van der Waals surface area contributed by atoms with Gasteiger partial charge in [0.15, 0.2) is 0 Å². The maximum atomic E-state index is 14.4. The number of unbranched alkanes of at least 4 members (excludes halogenated alkanes) is 1. The number of hydrogen-bond donors (Lipinski definition) is 3. The molecule has 0 radical (unpaired) electrons. The van der Waals surface area contributed by atoms with Crippen molar-refractivity contribution in [3.63, 3.8) is 0 Å². The Hall–Kier alpha value is -2.32. The van der Waals surface area contributed by atoms with Crippen LogP contribution in [0.1, 0.15) is 76.1 Å². The summed E-state index contributed by atoms with van der Waals surface area (Å²) in [7, 11) is 5.00. The first-order valence-electron chi connectivity index (χ1n) is 17.4. The largest absolute Gasteiger partial charge is 0.453 e. The molecule has 3 aliphatic heterocycles. The number of benzene rings is 1. The van der Waals surface area contributed by atoms with Crippen molar-refractivity contribution >= 4 is 17.7 Å². The first-order chi connectivity index (χ1) is 22.5. The van der Waals surface area contributed by atoms with Crippen molar-refractivity contribution in [3.05, 3.63) is 29.8 Å². The molecule has 3 saturated carbocycles. The number of esters is 1. The van der Waals surface area contributed by atoms with Crippen LogP contribution in [-0.2, 0) is 23.7 Å². The molecule has 7 rings (SSSR count). The highest BCUT2D eigenvalue weighted by Gasteiger charge is 2.89. The lowest BCUT2D eigenvalue weighted by molar-refractivity contribution is -0.379. The number of hydrazine groups is 1. The molecular formula is C35H51N3O9. The van der Waals surface area contributed by atoms with Gasteiger partial charge < -0.3 is 33.9 Å². The highest BCUT2D eigenvalue weighted by atomic mass is 16.6. The molecule has 12 nitrogen and oxygen atoms in total. The lowest BCUT2D eigenvalue weighted by Crippen LogP contribution is -2.89. The van der Waals surface area contributed by atoms with Gasteiger partial charge >= 0.3 is 12.1 Å². The van der Waals surface area contributed by atoms with Crippen LogP contribution in [0.3, 0.4) is 0 Å². The van der Waals surface area contributed by atoms with Gasteiger partial charge in [-0.3, -0.25) is 5.32 Å². The number of para-hydroxylation sites is 1. The Bertz CT molecular complexity index is 1400. The quantitative estimate of drug-likeness (QED) is 0.252. The minimum Gasteiger partial charge on any atom is -0.453 e. The summed E-state index contributed by atoms with van der Waals surface area (Å²) in [5.74, 6) is -1.33. The monoisotopic (exact) mass is 657 g/mol. The van der Waals surface area contributed by atoms with Gasteiger partial charge in [-0.25, -0.2) is 19.6 Å². The number of anilines is 1. The van der Waals surface area contributed by atoms with Gasteiger partial charge in [0.2, 0.25) is 0 Å². The van der Waals surface area contributed by atoms with Crippen LogP contribution in [0.15, 0.2) is 24.3 Å². The number of aliphatic hydroxyl groups is 2. The second-order valence-corrected chi connectivity index (χ2v) is 14.6. The number of carbonyl (C=O) groups excluding carboxylic acids is 2. The Balaban J connectivity index is 1.32. The normalized spacial score (nSPS) is 45.8. The van der Waals surface area contributed by atoms with E-state index in [9.17, 15) is 19.8 Å². The van der Waals surface area contributed by atoms with Crippen molar-refractivity contribution in [1.29, 1.82) is 0 Å². The summed E-state index contributed by atoms with van der Waals surface area (Å²) in [6.07, 6.45) is 2.38. The van der Waals surface area contributed by atoms with Crippen molar-refractivity contribution in [2.45, 2.75) is 118 Å². The van der Waals surface area contributed by atoms with Gasteiger partial charge in [-0.05, 0) is 51.2 Å². The summed E-state index contributed by atoms with van der Waals surface area (Å²) in [6.45, 7) is 7.10. The second kappa shape index (κ2) is 11.6. The summed E-state index contributed by atoms with van der Waals surface area (Å²) in [5, 5.41) is 33.2. The van der Waals surface area contributed by atoms with Crippen LogP contribution in [-0.4, -0.2) is 120 Å². The van der Waals surface area contributed by atoms with E-state index in [1.807, 2.05) is 6.92 Å². The average Bonchev–Trinajstić information content (AvgIpc) is 3.50. The fourth-order valence-corrected chi connectivity index (χ4v) is 11.6. The van der Waals surface area contributed by atoms with E-state index in [4.69, 9.17) is 23.7 Å². The van der Waals surface area contributed by atoms with E-state index in [1.54, 1.807) is 45.6 Å². The third-order valence-electron chi connectivity index (χ3n) is 13.3.